The lowest BCUT2D eigenvalue weighted by atomic mass is 9.86. The molecule has 0 radical (unpaired) electrons. The second-order valence-corrected chi connectivity index (χ2v) is 5.48. The standard InChI is InChI=1S/C14H13BrClN/c1-14(17,10-6-8-11(16)9-7-10)12-4-2-3-5-13(12)15/h2-9H,17H2,1H3. The monoisotopic (exact) mass is 309 g/mol. The molecule has 0 fully saturated rings. The van der Waals surface area contributed by atoms with Crippen molar-refractivity contribution in [3.05, 3.63) is 69.2 Å². The molecule has 0 aliphatic heterocycles. The van der Waals surface area contributed by atoms with Gasteiger partial charge in [0.1, 0.15) is 0 Å². The van der Waals surface area contributed by atoms with Crippen LogP contribution in [0.2, 0.25) is 5.02 Å². The van der Waals surface area contributed by atoms with Crippen molar-refractivity contribution >= 4 is 27.5 Å². The fourth-order valence-corrected chi connectivity index (χ4v) is 2.66. The van der Waals surface area contributed by atoms with Gasteiger partial charge in [-0.1, -0.05) is 57.9 Å². The zero-order chi connectivity index (χ0) is 12.5. The molecule has 2 N–H and O–H groups in total. The molecule has 88 valence electrons. The van der Waals surface area contributed by atoms with Gasteiger partial charge in [-0.2, -0.15) is 0 Å². The zero-order valence-electron chi connectivity index (χ0n) is 9.45. The molecule has 0 aromatic heterocycles. The van der Waals surface area contributed by atoms with Gasteiger partial charge in [-0.05, 0) is 36.2 Å². The molecule has 17 heavy (non-hydrogen) atoms. The van der Waals surface area contributed by atoms with E-state index >= 15 is 0 Å². The summed E-state index contributed by atoms with van der Waals surface area (Å²) >= 11 is 9.43. The molecular formula is C14H13BrClN. The first kappa shape index (κ1) is 12.6. The summed E-state index contributed by atoms with van der Waals surface area (Å²) in [4.78, 5) is 0. The van der Waals surface area contributed by atoms with E-state index in [1.54, 1.807) is 0 Å². The smallest absolute Gasteiger partial charge is 0.0648 e. The topological polar surface area (TPSA) is 26.0 Å². The minimum Gasteiger partial charge on any atom is -0.318 e. The van der Waals surface area contributed by atoms with Crippen LogP contribution < -0.4 is 5.73 Å². The van der Waals surface area contributed by atoms with Crippen molar-refractivity contribution in [3.63, 3.8) is 0 Å². The summed E-state index contributed by atoms with van der Waals surface area (Å²) in [7, 11) is 0. The maximum Gasteiger partial charge on any atom is 0.0648 e. The van der Waals surface area contributed by atoms with Crippen molar-refractivity contribution in [1.29, 1.82) is 0 Å². The Kier molecular flexibility index (Phi) is 3.57. The highest BCUT2D eigenvalue weighted by atomic mass is 79.9. The molecule has 1 nitrogen and oxygen atoms in total. The highest BCUT2D eigenvalue weighted by molar-refractivity contribution is 9.10. The van der Waals surface area contributed by atoms with Crippen molar-refractivity contribution in [1.82, 2.24) is 0 Å². The Bertz CT molecular complexity index is 520. The second-order valence-electron chi connectivity index (χ2n) is 4.19. The van der Waals surface area contributed by atoms with Crippen LogP contribution in [0.3, 0.4) is 0 Å². The average molecular weight is 311 g/mol. The van der Waals surface area contributed by atoms with E-state index < -0.39 is 5.54 Å². The molecule has 0 bridgehead atoms. The van der Waals surface area contributed by atoms with E-state index in [-0.39, 0.29) is 0 Å². The maximum atomic E-state index is 6.44. The number of benzene rings is 2. The predicted molar refractivity (Wildman–Crippen MR) is 76.2 cm³/mol. The van der Waals surface area contributed by atoms with E-state index in [9.17, 15) is 0 Å². The van der Waals surface area contributed by atoms with Crippen LogP contribution in [0.1, 0.15) is 18.1 Å². The normalized spacial score (nSPS) is 14.4. The van der Waals surface area contributed by atoms with E-state index in [1.807, 2.05) is 55.5 Å². The first-order valence-electron chi connectivity index (χ1n) is 5.32. The number of halogens is 2. The lowest BCUT2D eigenvalue weighted by Crippen LogP contribution is -2.34. The average Bonchev–Trinajstić information content (AvgIpc) is 2.30. The Morgan fingerprint density at radius 1 is 1.06 bits per heavy atom. The van der Waals surface area contributed by atoms with Gasteiger partial charge >= 0.3 is 0 Å². The molecular weight excluding hydrogens is 298 g/mol. The van der Waals surface area contributed by atoms with Crippen molar-refractivity contribution < 1.29 is 0 Å². The third-order valence-corrected chi connectivity index (χ3v) is 3.82. The van der Waals surface area contributed by atoms with Gasteiger partial charge in [-0.15, -0.1) is 0 Å². The fraction of sp³-hybridized carbons (Fsp3) is 0.143. The van der Waals surface area contributed by atoms with E-state index in [1.165, 1.54) is 0 Å². The van der Waals surface area contributed by atoms with Gasteiger partial charge in [-0.25, -0.2) is 0 Å². The predicted octanol–water partition coefficient (Wildman–Crippen LogP) is 4.32. The Hall–Kier alpha value is -0.830. The van der Waals surface area contributed by atoms with Crippen molar-refractivity contribution in [3.8, 4) is 0 Å². The molecule has 2 aromatic rings. The van der Waals surface area contributed by atoms with Crippen LogP contribution in [0.25, 0.3) is 0 Å². The van der Waals surface area contributed by atoms with Crippen LogP contribution in [-0.4, -0.2) is 0 Å². The zero-order valence-corrected chi connectivity index (χ0v) is 11.8. The van der Waals surface area contributed by atoms with Gasteiger partial charge in [-0.3, -0.25) is 0 Å². The summed E-state index contributed by atoms with van der Waals surface area (Å²) in [5.41, 5.74) is 7.99. The van der Waals surface area contributed by atoms with Crippen LogP contribution in [-0.2, 0) is 5.54 Å². The largest absolute Gasteiger partial charge is 0.318 e. The molecule has 0 heterocycles. The Labute approximate surface area is 115 Å². The minimum atomic E-state index is -0.537. The molecule has 0 saturated carbocycles. The molecule has 0 amide bonds. The van der Waals surface area contributed by atoms with Crippen LogP contribution in [0, 0.1) is 0 Å². The van der Waals surface area contributed by atoms with Gasteiger partial charge in [0.05, 0.1) is 5.54 Å². The number of nitrogens with two attached hydrogens (primary N) is 1. The third-order valence-electron chi connectivity index (χ3n) is 2.88. The Morgan fingerprint density at radius 2 is 1.65 bits per heavy atom. The SMILES string of the molecule is CC(N)(c1ccc(Cl)cc1)c1ccccc1Br. The van der Waals surface area contributed by atoms with Gasteiger partial charge in [0.25, 0.3) is 0 Å². The highest BCUT2D eigenvalue weighted by Gasteiger charge is 2.25. The summed E-state index contributed by atoms with van der Waals surface area (Å²) in [5, 5.41) is 0.719. The Morgan fingerprint density at radius 3 is 2.24 bits per heavy atom. The van der Waals surface area contributed by atoms with E-state index in [2.05, 4.69) is 15.9 Å². The van der Waals surface area contributed by atoms with Crippen molar-refractivity contribution in [2.24, 2.45) is 5.73 Å². The van der Waals surface area contributed by atoms with E-state index in [0.29, 0.717) is 0 Å². The van der Waals surface area contributed by atoms with Gasteiger partial charge < -0.3 is 5.73 Å². The van der Waals surface area contributed by atoms with Gasteiger partial charge in [0.2, 0.25) is 0 Å². The molecule has 3 heteroatoms. The van der Waals surface area contributed by atoms with Crippen molar-refractivity contribution in [2.75, 3.05) is 0 Å². The third kappa shape index (κ3) is 2.54. The van der Waals surface area contributed by atoms with Crippen LogP contribution >= 0.6 is 27.5 Å². The molecule has 2 rings (SSSR count). The van der Waals surface area contributed by atoms with Crippen LogP contribution in [0.4, 0.5) is 0 Å². The van der Waals surface area contributed by atoms with Gasteiger partial charge in [0, 0.05) is 9.50 Å². The summed E-state index contributed by atoms with van der Waals surface area (Å²) in [5.74, 6) is 0. The van der Waals surface area contributed by atoms with Gasteiger partial charge in [0.15, 0.2) is 0 Å². The summed E-state index contributed by atoms with van der Waals surface area (Å²) in [6, 6.07) is 15.6. The first-order valence-corrected chi connectivity index (χ1v) is 6.49. The molecule has 0 saturated heterocycles. The number of rotatable bonds is 2. The minimum absolute atomic E-state index is 0.537. The lowest BCUT2D eigenvalue weighted by Gasteiger charge is -2.27. The maximum absolute atomic E-state index is 6.44. The quantitative estimate of drug-likeness (QED) is 0.878. The van der Waals surface area contributed by atoms with Crippen molar-refractivity contribution in [2.45, 2.75) is 12.5 Å². The van der Waals surface area contributed by atoms with Crippen LogP contribution in [0.15, 0.2) is 53.0 Å². The number of hydrogen-bond acceptors (Lipinski definition) is 1. The highest BCUT2D eigenvalue weighted by Crippen LogP contribution is 2.32. The molecule has 0 spiro atoms. The summed E-state index contributed by atoms with van der Waals surface area (Å²) < 4.78 is 1.01. The molecule has 1 unspecified atom stereocenters. The molecule has 2 aromatic carbocycles. The first-order chi connectivity index (χ1) is 8.01. The summed E-state index contributed by atoms with van der Waals surface area (Å²) in [6.45, 7) is 2.00. The number of hydrogen-bond donors (Lipinski definition) is 1. The molecule has 0 aliphatic rings. The lowest BCUT2D eigenvalue weighted by molar-refractivity contribution is 0.600. The fourth-order valence-electron chi connectivity index (χ4n) is 1.83. The van der Waals surface area contributed by atoms with E-state index in [4.69, 9.17) is 17.3 Å². The summed E-state index contributed by atoms with van der Waals surface area (Å²) in [6.07, 6.45) is 0. The Balaban J connectivity index is 2.49. The molecule has 1 atom stereocenters. The second kappa shape index (κ2) is 4.81. The van der Waals surface area contributed by atoms with Crippen LogP contribution in [0.5, 0.6) is 0 Å². The molecule has 0 aliphatic carbocycles. The van der Waals surface area contributed by atoms with E-state index in [0.717, 1.165) is 20.6 Å².